The van der Waals surface area contributed by atoms with E-state index in [4.69, 9.17) is 22.4 Å². The van der Waals surface area contributed by atoms with Gasteiger partial charge >= 0.3 is 21.1 Å². The Morgan fingerprint density at radius 2 is 1.56 bits per heavy atom. The first-order chi connectivity index (χ1) is 24.1. The Hall–Kier alpha value is -4.89. The maximum atomic E-state index is 13.9. The molecule has 0 fully saturated rings. The van der Waals surface area contributed by atoms with E-state index in [1.54, 1.807) is 32.0 Å². The highest BCUT2D eigenvalue weighted by Gasteiger charge is 2.37. The van der Waals surface area contributed by atoms with Crippen molar-refractivity contribution in [3.05, 3.63) is 78.4 Å². The molecule has 0 radical (unpaired) electrons. The largest absolute Gasteiger partial charge is 0.506 e. The highest BCUT2D eigenvalue weighted by Crippen LogP contribution is 2.48. The average Bonchev–Trinajstić information content (AvgIpc) is 3.11. The minimum atomic E-state index is -4.61. The Balaban J connectivity index is 1.26. The number of aromatic nitrogens is 2. The van der Waals surface area contributed by atoms with Crippen molar-refractivity contribution < 1.29 is 50.1 Å². The van der Waals surface area contributed by atoms with Crippen LogP contribution in [0.2, 0.25) is 6.04 Å². The predicted molar refractivity (Wildman–Crippen MR) is 183 cm³/mol. The van der Waals surface area contributed by atoms with Crippen molar-refractivity contribution in [2.24, 2.45) is 0 Å². The van der Waals surface area contributed by atoms with Crippen molar-refractivity contribution in [2.75, 3.05) is 34.5 Å². The number of hydrogen-bond acceptors (Lipinski definition) is 7. The molecule has 2 N–H and O–H groups in total. The molecule has 14 heteroatoms. The number of alkyl carbamates (subject to hydrolysis) is 1. The first-order valence-electron chi connectivity index (χ1n) is 16.1. The van der Waals surface area contributed by atoms with E-state index in [0.29, 0.717) is 54.2 Å². The number of hydrogen-bond donors (Lipinski definition) is 2. The molecule has 1 aromatic heterocycles. The molecule has 0 bridgehead atoms. The number of halogens is 3. The van der Waals surface area contributed by atoms with Gasteiger partial charge in [-0.3, -0.25) is 0 Å². The molecule has 0 aliphatic carbocycles. The molecule has 5 aromatic rings. The van der Waals surface area contributed by atoms with Crippen LogP contribution in [-0.2, 0) is 30.7 Å². The first-order valence-corrected chi connectivity index (χ1v) is 18.0. The van der Waals surface area contributed by atoms with Crippen molar-refractivity contribution in [1.29, 1.82) is 0 Å². The maximum absolute atomic E-state index is 13.9. The number of nitrogens with one attached hydrogen (secondary N) is 1. The van der Waals surface area contributed by atoms with Crippen molar-refractivity contribution in [3.63, 3.8) is 0 Å². The van der Waals surface area contributed by atoms with Crippen LogP contribution in [0.1, 0.15) is 18.4 Å². The van der Waals surface area contributed by atoms with Gasteiger partial charge in [-0.15, -0.1) is 0 Å². The molecule has 1 amide bonds. The van der Waals surface area contributed by atoms with E-state index in [9.17, 15) is 23.1 Å². The first kappa shape index (κ1) is 33.6. The molecule has 2 aliphatic rings. The van der Waals surface area contributed by atoms with E-state index >= 15 is 0 Å². The van der Waals surface area contributed by atoms with Gasteiger partial charge < -0.3 is 37.4 Å². The fourth-order valence-corrected chi connectivity index (χ4v) is 8.66. The number of pyridine rings is 2. The lowest BCUT2D eigenvalue weighted by molar-refractivity contribution is -0.645. The van der Waals surface area contributed by atoms with Crippen molar-refractivity contribution in [1.82, 2.24) is 9.88 Å². The standard InChI is InChI=1S/C36H34F3N3O7Si/c1-45-50(46-2,47-3)20-7-17-40-35(44)48-19-8-18-41-23-9-4-11-25-31(23)34-32-24(41)10-5-13-29(32)49-30-14-6-12-26(33(30)34)42(25)27-21-22(36(37,38)39)15-16-28(27)43/h4-6,9-16,21H,7-8,17-20H2,1-3H3,(H-,40,43,44)/p+1. The zero-order valence-electron chi connectivity index (χ0n) is 27.6. The van der Waals surface area contributed by atoms with Crippen LogP contribution in [0, 0.1) is 0 Å². The van der Waals surface area contributed by atoms with Gasteiger partial charge in [-0.1, -0.05) is 18.2 Å². The summed E-state index contributed by atoms with van der Waals surface area (Å²) in [6.45, 7) is 0.964. The normalized spacial score (nSPS) is 12.7. The van der Waals surface area contributed by atoms with Gasteiger partial charge in [-0.2, -0.15) is 17.7 Å². The van der Waals surface area contributed by atoms with Crippen LogP contribution in [0.25, 0.3) is 60.8 Å². The van der Waals surface area contributed by atoms with Gasteiger partial charge in [0.15, 0.2) is 6.54 Å². The summed E-state index contributed by atoms with van der Waals surface area (Å²) in [5.41, 5.74) is 4.90. The molecular weight excluding hydrogens is 671 g/mol. The van der Waals surface area contributed by atoms with E-state index in [0.717, 1.165) is 51.1 Å². The molecule has 0 spiro atoms. The third-order valence-electron chi connectivity index (χ3n) is 9.23. The van der Waals surface area contributed by atoms with Crippen molar-refractivity contribution in [2.45, 2.75) is 31.6 Å². The lowest BCUT2D eigenvalue weighted by Gasteiger charge is -2.25. The number of aromatic hydroxyl groups is 1. The second kappa shape index (κ2) is 13.1. The second-order valence-electron chi connectivity index (χ2n) is 12.0. The summed E-state index contributed by atoms with van der Waals surface area (Å²) in [5.74, 6) is -0.296. The van der Waals surface area contributed by atoms with Gasteiger partial charge in [-0.05, 0) is 48.9 Å². The van der Waals surface area contributed by atoms with Crippen molar-refractivity contribution in [3.8, 4) is 22.6 Å². The van der Waals surface area contributed by atoms with Gasteiger partial charge in [0.25, 0.3) is 0 Å². The highest BCUT2D eigenvalue weighted by molar-refractivity contribution is 6.60. The number of alkyl halides is 3. The number of aryl methyl sites for hydroxylation is 1. The van der Waals surface area contributed by atoms with Crippen LogP contribution in [0.4, 0.5) is 18.0 Å². The molecule has 0 unspecified atom stereocenters. The maximum Gasteiger partial charge on any atom is 0.500 e. The number of rotatable bonds is 12. The zero-order valence-corrected chi connectivity index (χ0v) is 28.6. The van der Waals surface area contributed by atoms with Gasteiger partial charge in [0.1, 0.15) is 16.9 Å². The third kappa shape index (κ3) is 5.67. The van der Waals surface area contributed by atoms with E-state index in [1.807, 2.05) is 48.5 Å². The van der Waals surface area contributed by atoms with E-state index in [2.05, 4.69) is 9.88 Å². The number of carbonyl (C=O) groups is 1. The monoisotopic (exact) mass is 706 g/mol. The smallest absolute Gasteiger partial charge is 0.500 e. The topological polar surface area (TPSA) is 108 Å². The average molecular weight is 707 g/mol. The number of phenolic OH excluding ortho intramolecular Hbond substituents is 1. The molecule has 260 valence electrons. The number of amides is 1. The van der Waals surface area contributed by atoms with Crippen LogP contribution >= 0.6 is 0 Å². The van der Waals surface area contributed by atoms with Crippen LogP contribution in [0.5, 0.6) is 5.75 Å². The summed E-state index contributed by atoms with van der Waals surface area (Å²) in [5, 5.41) is 15.4. The Morgan fingerprint density at radius 1 is 0.880 bits per heavy atom. The minimum Gasteiger partial charge on any atom is -0.506 e. The molecule has 10 nitrogen and oxygen atoms in total. The molecule has 3 heterocycles. The van der Waals surface area contributed by atoms with Gasteiger partial charge in [0, 0.05) is 58.0 Å². The number of phenols is 1. The summed E-state index contributed by atoms with van der Waals surface area (Å²) in [7, 11) is 1.89. The fourth-order valence-electron chi connectivity index (χ4n) is 6.94. The fraction of sp³-hybridized carbons (Fsp3) is 0.278. The predicted octanol–water partition coefficient (Wildman–Crippen LogP) is 7.62. The number of nitrogens with zero attached hydrogens (tertiary/aromatic N) is 2. The molecule has 50 heavy (non-hydrogen) atoms. The number of ether oxygens (including phenoxy) is 1. The molecule has 0 saturated carbocycles. The molecule has 7 rings (SSSR count). The summed E-state index contributed by atoms with van der Waals surface area (Å²) in [4.78, 5) is 12.5. The highest BCUT2D eigenvalue weighted by atomic mass is 28.4. The van der Waals surface area contributed by atoms with Crippen LogP contribution in [0.3, 0.4) is 0 Å². The SMILES string of the molecule is CO[Si](CCCNC(=O)OCCC[n+]1c2cccc3oc4cccc5c4-c(c32)c2c(cccc21)n5-c1cc(C(F)(F)F)ccc1O)(OC)OC. The Morgan fingerprint density at radius 3 is 2.30 bits per heavy atom. The quantitative estimate of drug-likeness (QED) is 0.0443. The molecule has 2 aliphatic heterocycles. The summed E-state index contributed by atoms with van der Waals surface area (Å²) in [6.07, 6.45) is -4.09. The van der Waals surface area contributed by atoms with Crippen LogP contribution in [-0.4, -0.2) is 59.1 Å². The molecule has 0 saturated heterocycles. The van der Waals surface area contributed by atoms with Gasteiger partial charge in [0.05, 0.1) is 45.2 Å². The van der Waals surface area contributed by atoms with E-state index in [1.165, 1.54) is 0 Å². The molecule has 4 aromatic carbocycles. The summed E-state index contributed by atoms with van der Waals surface area (Å²) >= 11 is 0. The number of carbonyl (C=O) groups excluding carboxylic acids is 1. The van der Waals surface area contributed by atoms with Crippen LogP contribution in [0.15, 0.2) is 77.2 Å². The minimum absolute atomic E-state index is 0.00372. The lowest BCUT2D eigenvalue weighted by Crippen LogP contribution is -2.43. The van der Waals surface area contributed by atoms with Gasteiger partial charge in [-0.25, -0.2) is 4.79 Å². The Kier molecular flexibility index (Phi) is 8.80. The van der Waals surface area contributed by atoms with E-state index < -0.39 is 26.6 Å². The van der Waals surface area contributed by atoms with Crippen LogP contribution < -0.4 is 9.88 Å². The van der Waals surface area contributed by atoms with Crippen molar-refractivity contribution >= 4 is 58.9 Å². The van der Waals surface area contributed by atoms with Gasteiger partial charge in [0.2, 0.25) is 11.0 Å². The molecular formula is C36H35F3N3O7Si+. The number of benzene rings is 4. The zero-order chi connectivity index (χ0) is 35.2. The van der Waals surface area contributed by atoms with E-state index in [-0.39, 0.29) is 18.0 Å². The second-order valence-corrected chi connectivity index (χ2v) is 15.0. The molecule has 0 atom stereocenters. The Bertz CT molecular complexity index is 2290. The summed E-state index contributed by atoms with van der Waals surface area (Å²) < 4.78 is 73.7. The lowest BCUT2D eigenvalue weighted by atomic mass is 9.90. The third-order valence-corrected chi connectivity index (χ3v) is 12.1. The summed E-state index contributed by atoms with van der Waals surface area (Å²) in [6, 6.07) is 20.3. The Labute approximate surface area is 285 Å².